The summed E-state index contributed by atoms with van der Waals surface area (Å²) in [6, 6.07) is 17.0. The highest BCUT2D eigenvalue weighted by Gasteiger charge is 2.36. The standard InChI is InChI=1S/C23H18Cl2N2O2S2/c24-19-8-5-16(10-20(19)25)14-29-18-6-3-15(4-7-18)11-21-22(28)27(23(30)31-21)13-17-2-1-9-26-12-17/h1-10,12,21H,11,13-14H2/t21-/m1/s1. The molecule has 0 N–H and O–H groups in total. The van der Waals surface area contributed by atoms with E-state index in [0.717, 1.165) is 22.4 Å². The first kappa shape index (κ1) is 22.1. The first-order valence-corrected chi connectivity index (χ1v) is 11.6. The molecule has 1 fully saturated rings. The maximum Gasteiger partial charge on any atom is 0.242 e. The second kappa shape index (κ2) is 10.0. The molecule has 0 spiro atoms. The quantitative estimate of drug-likeness (QED) is 0.385. The number of pyridine rings is 1. The zero-order valence-electron chi connectivity index (χ0n) is 16.3. The summed E-state index contributed by atoms with van der Waals surface area (Å²) in [7, 11) is 0. The number of nitrogens with zero attached hydrogens (tertiary/aromatic N) is 2. The molecule has 1 saturated heterocycles. The second-order valence-corrected chi connectivity index (χ2v) is 9.69. The fraction of sp³-hybridized carbons (Fsp3) is 0.174. The van der Waals surface area contributed by atoms with E-state index in [4.69, 9.17) is 40.2 Å². The van der Waals surface area contributed by atoms with Gasteiger partial charge in [0.05, 0.1) is 21.8 Å². The van der Waals surface area contributed by atoms with E-state index in [-0.39, 0.29) is 11.2 Å². The number of aromatic nitrogens is 1. The molecule has 0 radical (unpaired) electrons. The third-order valence-corrected chi connectivity index (χ3v) is 7.13. The number of thioether (sulfide) groups is 1. The van der Waals surface area contributed by atoms with Gasteiger partial charge in [0, 0.05) is 12.4 Å². The maximum atomic E-state index is 12.9. The predicted molar refractivity (Wildman–Crippen MR) is 130 cm³/mol. The van der Waals surface area contributed by atoms with Crippen LogP contribution in [0.15, 0.2) is 67.0 Å². The van der Waals surface area contributed by atoms with Gasteiger partial charge in [-0.3, -0.25) is 14.7 Å². The Bertz CT molecular complexity index is 1090. The van der Waals surface area contributed by atoms with Crippen molar-refractivity contribution in [1.29, 1.82) is 0 Å². The van der Waals surface area contributed by atoms with E-state index in [2.05, 4.69) is 4.98 Å². The first-order valence-electron chi connectivity index (χ1n) is 9.56. The summed E-state index contributed by atoms with van der Waals surface area (Å²) in [5, 5.41) is 0.812. The minimum absolute atomic E-state index is 0.0406. The summed E-state index contributed by atoms with van der Waals surface area (Å²) in [6.07, 6.45) is 4.08. The van der Waals surface area contributed by atoms with Crippen molar-refractivity contribution in [3.8, 4) is 5.75 Å². The molecule has 158 valence electrons. The zero-order valence-corrected chi connectivity index (χ0v) is 19.5. The van der Waals surface area contributed by atoms with E-state index in [9.17, 15) is 4.79 Å². The molecule has 2 aromatic carbocycles. The summed E-state index contributed by atoms with van der Waals surface area (Å²) in [5.41, 5.74) is 2.95. The Balaban J connectivity index is 1.33. The number of hydrogen-bond donors (Lipinski definition) is 0. The molecule has 1 atom stereocenters. The Morgan fingerprint density at radius 1 is 1.03 bits per heavy atom. The van der Waals surface area contributed by atoms with Crippen molar-refractivity contribution in [1.82, 2.24) is 9.88 Å². The lowest BCUT2D eigenvalue weighted by Gasteiger charge is -2.15. The predicted octanol–water partition coefficient (Wildman–Crippen LogP) is 5.94. The molecule has 31 heavy (non-hydrogen) atoms. The van der Waals surface area contributed by atoms with Crippen LogP contribution in [0.25, 0.3) is 0 Å². The first-order chi connectivity index (χ1) is 15.0. The van der Waals surface area contributed by atoms with Crippen LogP contribution in [0, 0.1) is 0 Å². The molecular weight excluding hydrogens is 471 g/mol. The summed E-state index contributed by atoms with van der Waals surface area (Å²) in [6.45, 7) is 0.848. The van der Waals surface area contributed by atoms with Crippen LogP contribution in [0.5, 0.6) is 5.75 Å². The number of carbonyl (C=O) groups is 1. The van der Waals surface area contributed by atoms with Crippen LogP contribution in [0.2, 0.25) is 10.0 Å². The van der Waals surface area contributed by atoms with Gasteiger partial charge >= 0.3 is 0 Å². The van der Waals surface area contributed by atoms with Crippen molar-refractivity contribution in [2.45, 2.75) is 24.8 Å². The fourth-order valence-electron chi connectivity index (χ4n) is 3.18. The van der Waals surface area contributed by atoms with Crippen LogP contribution in [0.3, 0.4) is 0 Å². The topological polar surface area (TPSA) is 42.4 Å². The molecule has 1 amide bonds. The Hall–Kier alpha value is -2.12. The van der Waals surface area contributed by atoms with Crippen LogP contribution < -0.4 is 4.74 Å². The van der Waals surface area contributed by atoms with Gasteiger partial charge in [-0.2, -0.15) is 0 Å². The monoisotopic (exact) mass is 488 g/mol. The molecule has 0 saturated carbocycles. The summed E-state index contributed by atoms with van der Waals surface area (Å²) in [4.78, 5) is 18.6. The van der Waals surface area contributed by atoms with Crippen molar-refractivity contribution < 1.29 is 9.53 Å². The van der Waals surface area contributed by atoms with Crippen LogP contribution in [-0.4, -0.2) is 25.4 Å². The molecule has 0 aliphatic carbocycles. The zero-order chi connectivity index (χ0) is 21.8. The Morgan fingerprint density at radius 2 is 1.81 bits per heavy atom. The van der Waals surface area contributed by atoms with Gasteiger partial charge in [-0.15, -0.1) is 0 Å². The number of benzene rings is 2. The number of ether oxygens (including phenoxy) is 1. The number of amides is 1. The summed E-state index contributed by atoms with van der Waals surface area (Å²) < 4.78 is 6.44. The average Bonchev–Trinajstić information content (AvgIpc) is 3.03. The Kier molecular flexibility index (Phi) is 7.13. The lowest BCUT2D eigenvalue weighted by atomic mass is 10.1. The van der Waals surface area contributed by atoms with E-state index in [1.54, 1.807) is 29.4 Å². The number of hydrogen-bond acceptors (Lipinski definition) is 5. The number of thiocarbonyl (C=S) groups is 1. The number of carbonyl (C=O) groups excluding carboxylic acids is 1. The molecule has 4 rings (SSSR count). The van der Waals surface area contributed by atoms with Gasteiger partial charge in [0.25, 0.3) is 0 Å². The molecule has 4 nitrogen and oxygen atoms in total. The maximum absolute atomic E-state index is 12.9. The van der Waals surface area contributed by atoms with Crippen LogP contribution >= 0.6 is 47.2 Å². The molecule has 0 bridgehead atoms. The molecule has 1 aromatic heterocycles. The van der Waals surface area contributed by atoms with Crippen molar-refractivity contribution >= 4 is 57.4 Å². The van der Waals surface area contributed by atoms with E-state index in [1.807, 2.05) is 42.5 Å². The van der Waals surface area contributed by atoms with Gasteiger partial charge in [0.15, 0.2) is 0 Å². The molecule has 3 aromatic rings. The third-order valence-electron chi connectivity index (χ3n) is 4.80. The minimum Gasteiger partial charge on any atom is -0.489 e. The normalized spacial score (nSPS) is 16.1. The lowest BCUT2D eigenvalue weighted by molar-refractivity contribution is -0.126. The summed E-state index contributed by atoms with van der Waals surface area (Å²) >= 11 is 18.9. The van der Waals surface area contributed by atoms with E-state index in [1.165, 1.54) is 11.8 Å². The minimum atomic E-state index is -0.216. The molecule has 1 aliphatic rings. The van der Waals surface area contributed by atoms with Crippen LogP contribution in [-0.2, 0) is 24.4 Å². The fourth-order valence-corrected chi connectivity index (χ4v) is 5.03. The van der Waals surface area contributed by atoms with Gasteiger partial charge < -0.3 is 4.74 Å². The van der Waals surface area contributed by atoms with Crippen LogP contribution in [0.4, 0.5) is 0 Å². The van der Waals surface area contributed by atoms with E-state index < -0.39 is 0 Å². The van der Waals surface area contributed by atoms with E-state index >= 15 is 0 Å². The number of halogens is 2. The largest absolute Gasteiger partial charge is 0.489 e. The van der Waals surface area contributed by atoms with Gasteiger partial charge in [0.1, 0.15) is 16.7 Å². The van der Waals surface area contributed by atoms with Crippen molar-refractivity contribution in [2.75, 3.05) is 0 Å². The summed E-state index contributed by atoms with van der Waals surface area (Å²) in [5.74, 6) is 0.785. The highest BCUT2D eigenvalue weighted by molar-refractivity contribution is 8.24. The van der Waals surface area contributed by atoms with Crippen molar-refractivity contribution in [3.63, 3.8) is 0 Å². The molecular formula is C23H18Cl2N2O2S2. The number of rotatable bonds is 7. The van der Waals surface area contributed by atoms with Crippen molar-refractivity contribution in [3.05, 3.63) is 93.7 Å². The van der Waals surface area contributed by atoms with Gasteiger partial charge in [-0.1, -0.05) is 71.4 Å². The van der Waals surface area contributed by atoms with Gasteiger partial charge in [-0.05, 0) is 53.4 Å². The molecule has 1 aliphatic heterocycles. The highest BCUT2D eigenvalue weighted by Crippen LogP contribution is 2.31. The Labute approximate surface area is 200 Å². The smallest absolute Gasteiger partial charge is 0.242 e. The third kappa shape index (κ3) is 5.57. The second-order valence-electron chi connectivity index (χ2n) is 7.04. The highest BCUT2D eigenvalue weighted by atomic mass is 35.5. The van der Waals surface area contributed by atoms with Crippen LogP contribution in [0.1, 0.15) is 16.7 Å². The molecule has 8 heteroatoms. The molecule has 2 heterocycles. The van der Waals surface area contributed by atoms with Gasteiger partial charge in [-0.25, -0.2) is 0 Å². The lowest BCUT2D eigenvalue weighted by Crippen LogP contribution is -2.31. The van der Waals surface area contributed by atoms with Crippen molar-refractivity contribution in [2.24, 2.45) is 0 Å². The molecule has 0 unspecified atom stereocenters. The van der Waals surface area contributed by atoms with Gasteiger partial charge in [0.2, 0.25) is 5.91 Å². The SMILES string of the molecule is O=C1[C@@H](Cc2ccc(OCc3ccc(Cl)c(Cl)c3)cc2)SC(=S)N1Cc1cccnc1. The Morgan fingerprint density at radius 3 is 2.52 bits per heavy atom. The average molecular weight is 489 g/mol. The van der Waals surface area contributed by atoms with E-state index in [0.29, 0.717) is 33.9 Å².